The van der Waals surface area contributed by atoms with Crippen LogP contribution in [0.25, 0.3) is 6.08 Å². The van der Waals surface area contributed by atoms with E-state index in [4.69, 9.17) is 5.73 Å². The monoisotopic (exact) mass is 160 g/mol. The minimum absolute atomic E-state index is 0.687. The molecule has 1 aliphatic carbocycles. The number of anilines is 1. The van der Waals surface area contributed by atoms with Gasteiger partial charge in [-0.1, -0.05) is 18.6 Å². The van der Waals surface area contributed by atoms with Crippen molar-refractivity contribution < 1.29 is 0 Å². The second kappa shape index (κ2) is 2.63. The molecule has 0 unspecified atom stereocenters. The number of nitrogens with two attached hydrogens (primary N) is 1. The fourth-order valence-corrected chi connectivity index (χ4v) is 1.58. The van der Waals surface area contributed by atoms with Gasteiger partial charge in [-0.2, -0.15) is 0 Å². The van der Waals surface area contributed by atoms with Crippen LogP contribution in [-0.4, -0.2) is 4.98 Å². The summed E-state index contributed by atoms with van der Waals surface area (Å²) in [5, 5.41) is 0. The maximum Gasteiger partial charge on any atom is 0.127 e. The maximum atomic E-state index is 5.74. The number of nitrogens with zero attached hydrogens (tertiary/aromatic N) is 1. The quantitative estimate of drug-likeness (QED) is 0.682. The summed E-state index contributed by atoms with van der Waals surface area (Å²) in [7, 11) is 0. The van der Waals surface area contributed by atoms with E-state index in [0.717, 1.165) is 12.8 Å². The molecular weight excluding hydrogens is 148 g/mol. The zero-order valence-electron chi connectivity index (χ0n) is 7.17. The van der Waals surface area contributed by atoms with Crippen molar-refractivity contribution in [1.82, 2.24) is 4.98 Å². The Kier molecular flexibility index (Phi) is 1.61. The lowest BCUT2D eigenvalue weighted by molar-refractivity contribution is 1.03. The molecular formula is C10H12N2. The van der Waals surface area contributed by atoms with Crippen LogP contribution in [-0.2, 0) is 6.42 Å². The van der Waals surface area contributed by atoms with Crippen molar-refractivity contribution in [2.75, 3.05) is 5.73 Å². The van der Waals surface area contributed by atoms with Gasteiger partial charge in [0.15, 0.2) is 0 Å². The summed E-state index contributed by atoms with van der Waals surface area (Å²) >= 11 is 0. The Hall–Kier alpha value is -1.31. The zero-order valence-corrected chi connectivity index (χ0v) is 7.17. The molecule has 1 aliphatic rings. The zero-order chi connectivity index (χ0) is 8.55. The van der Waals surface area contributed by atoms with Crippen molar-refractivity contribution in [2.24, 2.45) is 0 Å². The van der Waals surface area contributed by atoms with Crippen molar-refractivity contribution in [2.45, 2.75) is 19.8 Å². The molecule has 2 nitrogen and oxygen atoms in total. The standard InChI is InChI=1S/C10H12N2/c1-2-7-5-8-3-4-12-10(11)9(8)6-7/h3-5H,2,6H2,1H3,(H2,11,12). The fourth-order valence-electron chi connectivity index (χ4n) is 1.58. The summed E-state index contributed by atoms with van der Waals surface area (Å²) in [4.78, 5) is 4.06. The van der Waals surface area contributed by atoms with Gasteiger partial charge in [0.05, 0.1) is 0 Å². The highest BCUT2D eigenvalue weighted by Crippen LogP contribution is 2.28. The van der Waals surface area contributed by atoms with Crippen molar-refractivity contribution in [3.05, 3.63) is 29.0 Å². The topological polar surface area (TPSA) is 38.9 Å². The Labute approximate surface area is 72.1 Å². The predicted molar refractivity (Wildman–Crippen MR) is 50.6 cm³/mol. The number of rotatable bonds is 1. The van der Waals surface area contributed by atoms with E-state index in [1.54, 1.807) is 6.20 Å². The smallest absolute Gasteiger partial charge is 0.127 e. The number of aromatic nitrogens is 1. The molecule has 1 aromatic rings. The average molecular weight is 160 g/mol. The van der Waals surface area contributed by atoms with E-state index < -0.39 is 0 Å². The number of nitrogen functional groups attached to an aromatic ring is 1. The molecule has 0 saturated heterocycles. The SMILES string of the molecule is CCC1=Cc2ccnc(N)c2C1. The lowest BCUT2D eigenvalue weighted by atomic mass is 10.1. The number of hydrogen-bond donors (Lipinski definition) is 1. The van der Waals surface area contributed by atoms with E-state index in [1.807, 2.05) is 6.07 Å². The lowest BCUT2D eigenvalue weighted by Crippen LogP contribution is -1.96. The molecule has 0 radical (unpaired) electrons. The summed E-state index contributed by atoms with van der Waals surface area (Å²) < 4.78 is 0. The first kappa shape index (κ1) is 7.35. The van der Waals surface area contributed by atoms with Crippen LogP contribution in [0.1, 0.15) is 24.5 Å². The Balaban J connectivity index is 2.45. The molecule has 1 heterocycles. The molecule has 0 saturated carbocycles. The normalized spacial score (nSPS) is 14.2. The summed E-state index contributed by atoms with van der Waals surface area (Å²) in [5.41, 5.74) is 9.65. The average Bonchev–Trinajstić information content (AvgIpc) is 2.49. The highest BCUT2D eigenvalue weighted by molar-refractivity contribution is 5.68. The molecule has 2 N–H and O–H groups in total. The molecule has 0 bridgehead atoms. The second-order valence-electron chi connectivity index (χ2n) is 3.10. The molecule has 0 fully saturated rings. The summed E-state index contributed by atoms with van der Waals surface area (Å²) in [5.74, 6) is 0.687. The van der Waals surface area contributed by atoms with Crippen molar-refractivity contribution in [1.29, 1.82) is 0 Å². The lowest BCUT2D eigenvalue weighted by Gasteiger charge is -2.00. The minimum atomic E-state index is 0.687. The highest BCUT2D eigenvalue weighted by Gasteiger charge is 2.13. The van der Waals surface area contributed by atoms with Crippen LogP contribution in [0.15, 0.2) is 17.8 Å². The molecule has 2 heteroatoms. The van der Waals surface area contributed by atoms with Gasteiger partial charge in [-0.25, -0.2) is 4.98 Å². The first-order valence-electron chi connectivity index (χ1n) is 4.24. The third kappa shape index (κ3) is 0.998. The van der Waals surface area contributed by atoms with E-state index in [0.29, 0.717) is 5.82 Å². The van der Waals surface area contributed by atoms with Crippen LogP contribution in [0.2, 0.25) is 0 Å². The van der Waals surface area contributed by atoms with Crippen LogP contribution >= 0.6 is 0 Å². The number of fused-ring (bicyclic) bond motifs is 1. The molecule has 62 valence electrons. The maximum absolute atomic E-state index is 5.74. The van der Waals surface area contributed by atoms with E-state index in [1.165, 1.54) is 16.7 Å². The number of pyridine rings is 1. The number of hydrogen-bond acceptors (Lipinski definition) is 2. The molecule has 0 spiro atoms. The fraction of sp³-hybridized carbons (Fsp3) is 0.300. The van der Waals surface area contributed by atoms with E-state index >= 15 is 0 Å². The molecule has 1 aromatic heterocycles. The molecule has 0 aliphatic heterocycles. The Morgan fingerprint density at radius 3 is 3.08 bits per heavy atom. The van der Waals surface area contributed by atoms with Gasteiger partial charge >= 0.3 is 0 Å². The van der Waals surface area contributed by atoms with Crippen LogP contribution < -0.4 is 5.73 Å². The van der Waals surface area contributed by atoms with Gasteiger partial charge in [0, 0.05) is 11.8 Å². The Morgan fingerprint density at radius 1 is 1.58 bits per heavy atom. The van der Waals surface area contributed by atoms with Crippen LogP contribution in [0.3, 0.4) is 0 Å². The van der Waals surface area contributed by atoms with Crippen LogP contribution in [0.5, 0.6) is 0 Å². The Bertz CT molecular complexity index is 340. The van der Waals surface area contributed by atoms with Crippen LogP contribution in [0, 0.1) is 0 Å². The largest absolute Gasteiger partial charge is 0.383 e. The molecule has 0 amide bonds. The summed E-state index contributed by atoms with van der Waals surface area (Å²) in [6, 6.07) is 2.02. The van der Waals surface area contributed by atoms with Crippen molar-refractivity contribution in [3.8, 4) is 0 Å². The van der Waals surface area contributed by atoms with Crippen molar-refractivity contribution >= 4 is 11.9 Å². The van der Waals surface area contributed by atoms with Gasteiger partial charge in [0.25, 0.3) is 0 Å². The van der Waals surface area contributed by atoms with Gasteiger partial charge in [0.1, 0.15) is 5.82 Å². The number of allylic oxidation sites excluding steroid dienone is 1. The predicted octanol–water partition coefficient (Wildman–Crippen LogP) is 2.01. The van der Waals surface area contributed by atoms with E-state index in [-0.39, 0.29) is 0 Å². The van der Waals surface area contributed by atoms with Gasteiger partial charge in [-0.05, 0) is 24.5 Å². The second-order valence-corrected chi connectivity index (χ2v) is 3.10. The molecule has 0 aromatic carbocycles. The van der Waals surface area contributed by atoms with Gasteiger partial charge in [0.2, 0.25) is 0 Å². The first-order chi connectivity index (χ1) is 5.81. The summed E-state index contributed by atoms with van der Waals surface area (Å²) in [6.07, 6.45) is 6.08. The van der Waals surface area contributed by atoms with E-state index in [2.05, 4.69) is 18.0 Å². The molecule has 2 rings (SSSR count). The van der Waals surface area contributed by atoms with Gasteiger partial charge in [-0.3, -0.25) is 0 Å². The first-order valence-corrected chi connectivity index (χ1v) is 4.24. The van der Waals surface area contributed by atoms with Gasteiger partial charge < -0.3 is 5.73 Å². The summed E-state index contributed by atoms with van der Waals surface area (Å²) in [6.45, 7) is 2.17. The third-order valence-corrected chi connectivity index (χ3v) is 2.34. The molecule has 12 heavy (non-hydrogen) atoms. The van der Waals surface area contributed by atoms with Gasteiger partial charge in [-0.15, -0.1) is 0 Å². The third-order valence-electron chi connectivity index (χ3n) is 2.34. The Morgan fingerprint density at radius 2 is 2.42 bits per heavy atom. The minimum Gasteiger partial charge on any atom is -0.383 e. The molecule has 0 atom stereocenters. The van der Waals surface area contributed by atoms with Crippen molar-refractivity contribution in [3.63, 3.8) is 0 Å². The highest BCUT2D eigenvalue weighted by atomic mass is 14.8. The van der Waals surface area contributed by atoms with Crippen LogP contribution in [0.4, 0.5) is 5.82 Å². The van der Waals surface area contributed by atoms with E-state index in [9.17, 15) is 0 Å².